The van der Waals surface area contributed by atoms with Gasteiger partial charge in [-0.2, -0.15) is 5.10 Å². The van der Waals surface area contributed by atoms with Crippen LogP contribution in [0.3, 0.4) is 0 Å². The summed E-state index contributed by atoms with van der Waals surface area (Å²) in [5, 5.41) is 4.11. The molecule has 112 valence electrons. The average molecular weight is 294 g/mol. The topological polar surface area (TPSA) is 44.1 Å². The maximum atomic E-state index is 13.2. The van der Waals surface area contributed by atoms with E-state index in [9.17, 15) is 13.6 Å². The summed E-state index contributed by atoms with van der Waals surface area (Å²) in [4.78, 5) is 12.4. The molecule has 0 atom stereocenters. The van der Waals surface area contributed by atoms with Crippen molar-refractivity contribution in [3.8, 4) is 5.75 Å². The molecule has 0 spiro atoms. The molecule has 0 radical (unpaired) electrons. The van der Waals surface area contributed by atoms with Crippen molar-refractivity contribution >= 4 is 5.78 Å². The number of hydrogen-bond donors (Lipinski definition) is 0. The Kier molecular flexibility index (Phi) is 4.35. The van der Waals surface area contributed by atoms with Crippen LogP contribution >= 0.6 is 0 Å². The van der Waals surface area contributed by atoms with Gasteiger partial charge < -0.3 is 4.74 Å². The van der Waals surface area contributed by atoms with E-state index < -0.39 is 11.6 Å². The Morgan fingerprint density at radius 3 is 2.43 bits per heavy atom. The monoisotopic (exact) mass is 294 g/mol. The Labute approximate surface area is 121 Å². The van der Waals surface area contributed by atoms with Gasteiger partial charge in [-0.1, -0.05) is 0 Å². The fourth-order valence-corrected chi connectivity index (χ4v) is 2.13. The molecule has 2 rings (SSSR count). The highest BCUT2D eigenvalue weighted by Crippen LogP contribution is 2.23. The van der Waals surface area contributed by atoms with Crippen molar-refractivity contribution in [3.05, 3.63) is 47.3 Å². The molecule has 0 fully saturated rings. The number of methoxy groups -OCH3 is 1. The number of carbonyl (C=O) groups excluding carboxylic acids is 1. The van der Waals surface area contributed by atoms with Crippen LogP contribution in [0.1, 0.15) is 35.9 Å². The van der Waals surface area contributed by atoms with E-state index in [0.717, 1.165) is 18.2 Å². The van der Waals surface area contributed by atoms with Crippen molar-refractivity contribution in [1.82, 2.24) is 9.78 Å². The van der Waals surface area contributed by atoms with Crippen LogP contribution < -0.4 is 4.74 Å². The van der Waals surface area contributed by atoms with Crippen molar-refractivity contribution in [2.24, 2.45) is 0 Å². The molecule has 0 N–H and O–H groups in total. The molecule has 1 heterocycles. The van der Waals surface area contributed by atoms with Gasteiger partial charge in [-0.25, -0.2) is 8.78 Å². The first-order chi connectivity index (χ1) is 9.92. The number of Topliss-reactive ketones (excluding diaryl/α,β-unsaturated/α-hetero) is 1. The second kappa shape index (κ2) is 6.03. The lowest BCUT2D eigenvalue weighted by atomic mass is 10.1. The predicted molar refractivity (Wildman–Crippen MR) is 73.6 cm³/mol. The van der Waals surface area contributed by atoms with E-state index in [0.29, 0.717) is 11.4 Å². The third-order valence-corrected chi connectivity index (χ3v) is 3.02. The number of aromatic nitrogens is 2. The molecule has 0 aliphatic rings. The van der Waals surface area contributed by atoms with Crippen molar-refractivity contribution < 1.29 is 18.3 Å². The molecule has 0 amide bonds. The van der Waals surface area contributed by atoms with Gasteiger partial charge in [0, 0.05) is 18.5 Å². The standard InChI is InChI=1S/C15H16F2N2O2/c1-9(2)19-15(14(21-3)8-18-19)13(20)6-10-4-11(16)7-12(17)5-10/h4-5,7-9H,6H2,1-3H3. The molecule has 0 saturated carbocycles. The van der Waals surface area contributed by atoms with Gasteiger partial charge in [0.25, 0.3) is 0 Å². The first-order valence-electron chi connectivity index (χ1n) is 6.52. The summed E-state index contributed by atoms with van der Waals surface area (Å²) in [6, 6.07) is 3.03. The first-order valence-corrected chi connectivity index (χ1v) is 6.52. The van der Waals surface area contributed by atoms with Crippen molar-refractivity contribution in [1.29, 1.82) is 0 Å². The van der Waals surface area contributed by atoms with Gasteiger partial charge in [0.15, 0.2) is 11.5 Å². The lowest BCUT2D eigenvalue weighted by Gasteiger charge is -2.11. The molecule has 2 aromatic rings. The molecular formula is C15H16F2N2O2. The fourth-order valence-electron chi connectivity index (χ4n) is 2.13. The maximum Gasteiger partial charge on any atom is 0.189 e. The van der Waals surface area contributed by atoms with E-state index in [-0.39, 0.29) is 23.8 Å². The van der Waals surface area contributed by atoms with E-state index in [4.69, 9.17) is 4.74 Å². The Hall–Kier alpha value is -2.24. The Morgan fingerprint density at radius 1 is 1.29 bits per heavy atom. The van der Waals surface area contributed by atoms with Crippen molar-refractivity contribution in [3.63, 3.8) is 0 Å². The number of halogens is 2. The summed E-state index contributed by atoms with van der Waals surface area (Å²) in [7, 11) is 1.44. The Bertz CT molecular complexity index is 645. The largest absolute Gasteiger partial charge is 0.493 e. The second-order valence-corrected chi connectivity index (χ2v) is 4.98. The molecule has 1 aromatic carbocycles. The number of benzene rings is 1. The minimum atomic E-state index is -0.706. The van der Waals surface area contributed by atoms with Gasteiger partial charge in [0.1, 0.15) is 17.3 Å². The lowest BCUT2D eigenvalue weighted by Crippen LogP contribution is -2.15. The van der Waals surface area contributed by atoms with Gasteiger partial charge in [-0.3, -0.25) is 9.48 Å². The molecule has 1 aromatic heterocycles. The second-order valence-electron chi connectivity index (χ2n) is 4.98. The van der Waals surface area contributed by atoms with Crippen LogP contribution in [0, 0.1) is 11.6 Å². The van der Waals surface area contributed by atoms with Crippen molar-refractivity contribution in [2.45, 2.75) is 26.3 Å². The van der Waals surface area contributed by atoms with E-state index in [1.807, 2.05) is 13.8 Å². The van der Waals surface area contributed by atoms with Gasteiger partial charge >= 0.3 is 0 Å². The highest BCUT2D eigenvalue weighted by atomic mass is 19.1. The third kappa shape index (κ3) is 3.26. The van der Waals surface area contributed by atoms with Gasteiger partial charge in [0.2, 0.25) is 0 Å². The molecule has 0 bridgehead atoms. The van der Waals surface area contributed by atoms with Crippen LogP contribution in [0.25, 0.3) is 0 Å². The number of rotatable bonds is 5. The van der Waals surface area contributed by atoms with Gasteiger partial charge in [0.05, 0.1) is 13.3 Å². The van der Waals surface area contributed by atoms with Crippen LogP contribution in [-0.2, 0) is 6.42 Å². The van der Waals surface area contributed by atoms with Crippen molar-refractivity contribution in [2.75, 3.05) is 7.11 Å². The minimum absolute atomic E-state index is 0.0305. The van der Waals surface area contributed by atoms with E-state index in [1.54, 1.807) is 0 Å². The molecule has 0 aliphatic heterocycles. The zero-order valence-electron chi connectivity index (χ0n) is 12.1. The highest BCUT2D eigenvalue weighted by Gasteiger charge is 2.21. The van der Waals surface area contributed by atoms with Crippen LogP contribution in [-0.4, -0.2) is 22.7 Å². The average Bonchev–Trinajstić information content (AvgIpc) is 2.81. The van der Waals surface area contributed by atoms with Crippen LogP contribution in [0.2, 0.25) is 0 Å². The van der Waals surface area contributed by atoms with Gasteiger partial charge in [-0.15, -0.1) is 0 Å². The molecule has 21 heavy (non-hydrogen) atoms. The summed E-state index contributed by atoms with van der Waals surface area (Å²) < 4.78 is 33.0. The fraction of sp³-hybridized carbons (Fsp3) is 0.333. The van der Waals surface area contributed by atoms with Crippen LogP contribution in [0.5, 0.6) is 5.75 Å². The van der Waals surface area contributed by atoms with E-state index in [1.165, 1.54) is 18.0 Å². The molecule has 0 saturated heterocycles. The lowest BCUT2D eigenvalue weighted by molar-refractivity contribution is 0.0977. The first kappa shape index (κ1) is 15.2. The zero-order valence-corrected chi connectivity index (χ0v) is 12.1. The molecule has 6 heteroatoms. The summed E-state index contributed by atoms with van der Waals surface area (Å²) in [6.07, 6.45) is 1.34. The Morgan fingerprint density at radius 2 is 1.90 bits per heavy atom. The van der Waals surface area contributed by atoms with E-state index in [2.05, 4.69) is 5.10 Å². The summed E-state index contributed by atoms with van der Waals surface area (Å²) in [5.41, 5.74) is 0.577. The van der Waals surface area contributed by atoms with Crippen LogP contribution in [0.4, 0.5) is 8.78 Å². The third-order valence-electron chi connectivity index (χ3n) is 3.02. The normalized spacial score (nSPS) is 11.0. The number of hydrogen-bond acceptors (Lipinski definition) is 3. The zero-order chi connectivity index (χ0) is 15.6. The maximum absolute atomic E-state index is 13.2. The SMILES string of the molecule is COc1cnn(C(C)C)c1C(=O)Cc1cc(F)cc(F)c1. The molecule has 0 unspecified atom stereocenters. The highest BCUT2D eigenvalue weighted by molar-refractivity contribution is 5.98. The number of ketones is 1. The summed E-state index contributed by atoms with van der Waals surface area (Å²) in [6.45, 7) is 3.76. The van der Waals surface area contributed by atoms with Gasteiger partial charge in [-0.05, 0) is 31.5 Å². The summed E-state index contributed by atoms with van der Waals surface area (Å²) >= 11 is 0. The number of ether oxygens (including phenoxy) is 1. The molecular weight excluding hydrogens is 278 g/mol. The number of carbonyl (C=O) groups is 1. The quantitative estimate of drug-likeness (QED) is 0.796. The predicted octanol–water partition coefficient (Wildman–Crippen LogP) is 3.18. The minimum Gasteiger partial charge on any atom is -0.493 e. The Balaban J connectivity index is 2.34. The summed E-state index contributed by atoms with van der Waals surface area (Å²) in [5.74, 6) is -1.36. The smallest absolute Gasteiger partial charge is 0.189 e. The molecule has 4 nitrogen and oxygen atoms in total. The molecule has 0 aliphatic carbocycles. The number of nitrogens with zero attached hydrogens (tertiary/aromatic N) is 2. The van der Waals surface area contributed by atoms with Crippen LogP contribution in [0.15, 0.2) is 24.4 Å². The van der Waals surface area contributed by atoms with E-state index >= 15 is 0 Å².